The number of rotatable bonds is 5. The molecule has 0 bridgehead atoms. The van der Waals surface area contributed by atoms with E-state index in [2.05, 4.69) is 17.9 Å². The van der Waals surface area contributed by atoms with E-state index in [0.29, 0.717) is 6.42 Å². The van der Waals surface area contributed by atoms with Crippen molar-refractivity contribution in [1.29, 1.82) is 0 Å². The van der Waals surface area contributed by atoms with Crippen molar-refractivity contribution < 1.29 is 4.79 Å². The molecule has 0 radical (unpaired) electrons. The fourth-order valence-corrected chi connectivity index (χ4v) is 2.70. The first-order chi connectivity index (χ1) is 8.17. The molecule has 0 saturated heterocycles. The van der Waals surface area contributed by atoms with Crippen molar-refractivity contribution in [3.05, 3.63) is 24.3 Å². The molecule has 4 heteroatoms. The molecule has 1 aliphatic rings. The van der Waals surface area contributed by atoms with E-state index in [1.165, 1.54) is 0 Å². The zero-order valence-electron chi connectivity index (χ0n) is 9.90. The second kappa shape index (κ2) is 5.36. The number of amides is 1. The van der Waals surface area contributed by atoms with Crippen molar-refractivity contribution in [3.63, 3.8) is 0 Å². The normalized spacial score (nSPS) is 16.6. The molecule has 0 atom stereocenters. The quantitative estimate of drug-likeness (QED) is 0.632. The van der Waals surface area contributed by atoms with E-state index in [4.69, 9.17) is 0 Å². The first-order valence-electron chi connectivity index (χ1n) is 5.72. The van der Waals surface area contributed by atoms with Gasteiger partial charge in [0.05, 0.1) is 0 Å². The predicted octanol–water partition coefficient (Wildman–Crippen LogP) is 3.45. The van der Waals surface area contributed by atoms with Crippen molar-refractivity contribution in [1.82, 2.24) is 0 Å². The Hall–Kier alpha value is -0.610. The zero-order valence-corrected chi connectivity index (χ0v) is 11.6. The molecule has 1 aliphatic carbocycles. The van der Waals surface area contributed by atoms with E-state index in [1.54, 1.807) is 11.8 Å². The Morgan fingerprint density at radius 1 is 1.53 bits per heavy atom. The summed E-state index contributed by atoms with van der Waals surface area (Å²) >= 11 is 5.99. The lowest BCUT2D eigenvalue weighted by Gasteiger charge is -2.12. The van der Waals surface area contributed by atoms with Crippen molar-refractivity contribution in [2.24, 2.45) is 5.41 Å². The van der Waals surface area contributed by atoms with Crippen LogP contribution in [0.25, 0.3) is 0 Å². The fraction of sp³-hybridized carbons (Fsp3) is 0.462. The second-order valence-electron chi connectivity index (χ2n) is 4.62. The molecule has 1 N–H and O–H groups in total. The van der Waals surface area contributed by atoms with Crippen LogP contribution < -0.4 is 5.32 Å². The molecule has 1 aromatic carbocycles. The number of anilines is 1. The third-order valence-electron chi connectivity index (χ3n) is 3.18. The van der Waals surface area contributed by atoms with Gasteiger partial charge in [-0.1, -0.05) is 6.07 Å². The van der Waals surface area contributed by atoms with Crippen LogP contribution in [0.4, 0.5) is 5.69 Å². The van der Waals surface area contributed by atoms with Crippen LogP contribution in [0.1, 0.15) is 19.3 Å². The molecular weight excluding hydrogens is 250 g/mol. The van der Waals surface area contributed by atoms with E-state index in [-0.39, 0.29) is 11.3 Å². The molecule has 0 aliphatic heterocycles. The monoisotopic (exact) mass is 267 g/mol. The Morgan fingerprint density at radius 3 is 2.88 bits per heavy atom. The Balaban J connectivity index is 1.93. The van der Waals surface area contributed by atoms with E-state index in [0.717, 1.165) is 29.2 Å². The topological polar surface area (TPSA) is 29.1 Å². The number of hydrogen-bond donors (Lipinski definition) is 2. The third kappa shape index (κ3) is 3.42. The van der Waals surface area contributed by atoms with Crippen LogP contribution in [0.3, 0.4) is 0 Å². The van der Waals surface area contributed by atoms with Crippen LogP contribution in [0.2, 0.25) is 0 Å². The molecule has 0 spiro atoms. The molecule has 1 saturated carbocycles. The summed E-state index contributed by atoms with van der Waals surface area (Å²) in [5.74, 6) is 0.917. The number of thioether (sulfide) groups is 1. The second-order valence-corrected chi connectivity index (χ2v) is 5.81. The van der Waals surface area contributed by atoms with Gasteiger partial charge in [-0.25, -0.2) is 0 Å². The van der Waals surface area contributed by atoms with Crippen molar-refractivity contribution >= 4 is 36.0 Å². The maximum absolute atomic E-state index is 11.9. The van der Waals surface area contributed by atoms with E-state index in [1.807, 2.05) is 30.5 Å². The average Bonchev–Trinajstić information content (AvgIpc) is 3.09. The highest BCUT2D eigenvalue weighted by Crippen LogP contribution is 2.49. The minimum Gasteiger partial charge on any atom is -0.326 e. The number of hydrogen-bond acceptors (Lipinski definition) is 3. The van der Waals surface area contributed by atoms with E-state index < -0.39 is 0 Å². The van der Waals surface area contributed by atoms with Gasteiger partial charge in [0.1, 0.15) is 0 Å². The molecule has 1 aromatic rings. The maximum atomic E-state index is 11.9. The summed E-state index contributed by atoms with van der Waals surface area (Å²) in [5.41, 5.74) is 1.07. The zero-order chi connectivity index (χ0) is 12.3. The number of nitrogens with one attached hydrogen (secondary N) is 1. The highest BCUT2D eigenvalue weighted by molar-refractivity contribution is 7.98. The lowest BCUT2D eigenvalue weighted by atomic mass is 10.1. The van der Waals surface area contributed by atoms with Crippen LogP contribution in [-0.2, 0) is 4.79 Å². The van der Waals surface area contributed by atoms with Crippen molar-refractivity contribution in [3.8, 4) is 0 Å². The van der Waals surface area contributed by atoms with Crippen LogP contribution in [0.5, 0.6) is 0 Å². The van der Waals surface area contributed by atoms with Crippen LogP contribution in [-0.4, -0.2) is 17.9 Å². The Kier molecular flexibility index (Phi) is 4.05. The SMILES string of the molecule is CSc1cccc(NC(=O)CC2(CS)CC2)c1. The third-order valence-corrected chi connectivity index (χ3v) is 4.58. The van der Waals surface area contributed by atoms with Crippen LogP contribution in [0.15, 0.2) is 29.2 Å². The summed E-state index contributed by atoms with van der Waals surface area (Å²) in [6.45, 7) is 0. The molecule has 2 rings (SSSR count). The first-order valence-corrected chi connectivity index (χ1v) is 7.58. The summed E-state index contributed by atoms with van der Waals surface area (Å²) < 4.78 is 0. The Morgan fingerprint density at radius 2 is 2.29 bits per heavy atom. The molecule has 0 heterocycles. The minimum atomic E-state index is 0.106. The number of carbonyl (C=O) groups excluding carboxylic acids is 1. The first kappa shape index (κ1) is 12.8. The number of thiol groups is 1. The van der Waals surface area contributed by atoms with Gasteiger partial charge in [0.25, 0.3) is 0 Å². The van der Waals surface area contributed by atoms with Crippen LogP contribution in [0, 0.1) is 5.41 Å². The summed E-state index contributed by atoms with van der Waals surface area (Å²) in [5, 5.41) is 2.96. The van der Waals surface area contributed by atoms with Gasteiger partial charge in [-0.2, -0.15) is 12.6 Å². The predicted molar refractivity (Wildman–Crippen MR) is 77.0 cm³/mol. The van der Waals surface area contributed by atoms with Gasteiger partial charge < -0.3 is 5.32 Å². The molecular formula is C13H17NOS2. The molecule has 2 nitrogen and oxygen atoms in total. The smallest absolute Gasteiger partial charge is 0.224 e. The van der Waals surface area contributed by atoms with Gasteiger partial charge in [-0.15, -0.1) is 11.8 Å². The van der Waals surface area contributed by atoms with Gasteiger partial charge in [0.15, 0.2) is 0 Å². The largest absolute Gasteiger partial charge is 0.326 e. The lowest BCUT2D eigenvalue weighted by molar-refractivity contribution is -0.117. The Labute approximate surface area is 112 Å². The van der Waals surface area contributed by atoms with E-state index in [9.17, 15) is 4.79 Å². The molecule has 92 valence electrons. The lowest BCUT2D eigenvalue weighted by Crippen LogP contribution is -2.18. The van der Waals surface area contributed by atoms with Gasteiger partial charge >= 0.3 is 0 Å². The fourth-order valence-electron chi connectivity index (χ4n) is 1.81. The van der Waals surface area contributed by atoms with Gasteiger partial charge in [0.2, 0.25) is 5.91 Å². The molecule has 1 fully saturated rings. The van der Waals surface area contributed by atoms with Crippen LogP contribution >= 0.6 is 24.4 Å². The standard InChI is InChI=1S/C13H17NOS2/c1-17-11-4-2-3-10(7-11)14-12(15)8-13(9-16)5-6-13/h2-4,7,16H,5-6,8-9H2,1H3,(H,14,15). The number of carbonyl (C=O) groups is 1. The molecule has 0 aromatic heterocycles. The molecule has 1 amide bonds. The summed E-state index contributed by atoms with van der Waals surface area (Å²) in [6, 6.07) is 7.93. The Bertz CT molecular complexity index is 416. The summed E-state index contributed by atoms with van der Waals surface area (Å²) in [7, 11) is 0. The van der Waals surface area contributed by atoms with Crippen molar-refractivity contribution in [2.75, 3.05) is 17.3 Å². The average molecular weight is 267 g/mol. The number of benzene rings is 1. The minimum absolute atomic E-state index is 0.106. The van der Waals surface area contributed by atoms with E-state index >= 15 is 0 Å². The highest BCUT2D eigenvalue weighted by atomic mass is 32.2. The summed E-state index contributed by atoms with van der Waals surface area (Å²) in [4.78, 5) is 13.0. The maximum Gasteiger partial charge on any atom is 0.224 e. The summed E-state index contributed by atoms with van der Waals surface area (Å²) in [6.07, 6.45) is 4.89. The molecule has 0 unspecified atom stereocenters. The van der Waals surface area contributed by atoms with Gasteiger partial charge in [-0.3, -0.25) is 4.79 Å². The van der Waals surface area contributed by atoms with Gasteiger partial charge in [0, 0.05) is 17.0 Å². The van der Waals surface area contributed by atoms with Gasteiger partial charge in [-0.05, 0) is 48.5 Å². The van der Waals surface area contributed by atoms with Crippen molar-refractivity contribution in [2.45, 2.75) is 24.2 Å². The highest BCUT2D eigenvalue weighted by Gasteiger charge is 2.42. The molecule has 17 heavy (non-hydrogen) atoms.